The smallest absolute Gasteiger partial charge is 0.207 e. The van der Waals surface area contributed by atoms with Crippen LogP contribution < -0.4 is 0 Å². The van der Waals surface area contributed by atoms with Gasteiger partial charge in [-0.3, -0.25) is 0 Å². The first-order chi connectivity index (χ1) is 9.50. The van der Waals surface area contributed by atoms with Crippen molar-refractivity contribution in [2.45, 2.75) is 23.8 Å². The summed E-state index contributed by atoms with van der Waals surface area (Å²) in [6, 6.07) is 6.28. The van der Waals surface area contributed by atoms with Crippen LogP contribution in [0.15, 0.2) is 23.1 Å². The number of hydrogen-bond acceptors (Lipinski definition) is 4. The molecule has 1 aromatic carbocycles. The van der Waals surface area contributed by atoms with Crippen molar-refractivity contribution in [2.24, 2.45) is 0 Å². The van der Waals surface area contributed by atoms with Crippen molar-refractivity contribution in [1.29, 1.82) is 5.26 Å². The number of halogens is 1. The number of nitriles is 1. The standard InChI is InChI=1S/C13H15ClN2O2S2/c1-19-9-11-3-2-6-16(11)20(17,18)13-5-4-10(8-15)7-12(13)14/h4-5,7,11H,2-3,6,9H2,1H3. The monoisotopic (exact) mass is 330 g/mol. The number of hydrogen-bond donors (Lipinski definition) is 0. The van der Waals surface area contributed by atoms with Gasteiger partial charge in [-0.15, -0.1) is 0 Å². The number of rotatable bonds is 4. The van der Waals surface area contributed by atoms with Gasteiger partial charge in [-0.1, -0.05) is 11.6 Å². The van der Waals surface area contributed by atoms with E-state index in [1.54, 1.807) is 11.8 Å². The SMILES string of the molecule is CSCC1CCCN1S(=O)(=O)c1ccc(C#N)cc1Cl. The van der Waals surface area contributed by atoms with Crippen LogP contribution in [0.5, 0.6) is 0 Å². The Hall–Kier alpha value is -0.740. The Morgan fingerprint density at radius 2 is 2.30 bits per heavy atom. The highest BCUT2D eigenvalue weighted by Crippen LogP contribution is 2.31. The fourth-order valence-electron chi connectivity index (χ4n) is 2.39. The molecular formula is C13H15ClN2O2S2. The summed E-state index contributed by atoms with van der Waals surface area (Å²) in [7, 11) is -3.59. The topological polar surface area (TPSA) is 61.2 Å². The Bertz CT molecular complexity index is 640. The first kappa shape index (κ1) is 15.6. The molecule has 0 radical (unpaired) electrons. The molecule has 0 spiro atoms. The molecule has 1 aromatic rings. The zero-order chi connectivity index (χ0) is 14.8. The van der Waals surface area contributed by atoms with Crippen LogP contribution in [0.1, 0.15) is 18.4 Å². The van der Waals surface area contributed by atoms with Gasteiger partial charge in [0.2, 0.25) is 10.0 Å². The van der Waals surface area contributed by atoms with Crippen molar-refractivity contribution in [3.05, 3.63) is 28.8 Å². The van der Waals surface area contributed by atoms with E-state index in [4.69, 9.17) is 16.9 Å². The number of nitrogens with zero attached hydrogens (tertiary/aromatic N) is 2. The molecule has 0 aromatic heterocycles. The van der Waals surface area contributed by atoms with Crippen LogP contribution in [0.4, 0.5) is 0 Å². The summed E-state index contributed by atoms with van der Waals surface area (Å²) in [4.78, 5) is 0.0890. The van der Waals surface area contributed by atoms with E-state index < -0.39 is 10.0 Å². The lowest BCUT2D eigenvalue weighted by Crippen LogP contribution is -2.37. The third kappa shape index (κ3) is 2.96. The van der Waals surface area contributed by atoms with Crippen molar-refractivity contribution in [3.63, 3.8) is 0 Å². The van der Waals surface area contributed by atoms with Crippen LogP contribution in [0.2, 0.25) is 5.02 Å². The second kappa shape index (κ2) is 6.35. The van der Waals surface area contributed by atoms with Crippen molar-refractivity contribution >= 4 is 33.4 Å². The van der Waals surface area contributed by atoms with Gasteiger partial charge in [-0.05, 0) is 37.3 Å². The van der Waals surface area contributed by atoms with Crippen molar-refractivity contribution in [1.82, 2.24) is 4.31 Å². The first-order valence-corrected chi connectivity index (χ1v) is 9.42. The van der Waals surface area contributed by atoms with Gasteiger partial charge >= 0.3 is 0 Å². The number of benzene rings is 1. The lowest BCUT2D eigenvalue weighted by atomic mass is 10.2. The second-order valence-electron chi connectivity index (χ2n) is 4.62. The van der Waals surface area contributed by atoms with E-state index in [-0.39, 0.29) is 16.0 Å². The summed E-state index contributed by atoms with van der Waals surface area (Å²) in [6.45, 7) is 0.532. The molecule has 4 nitrogen and oxygen atoms in total. The van der Waals surface area contributed by atoms with Gasteiger partial charge in [0.1, 0.15) is 4.90 Å². The molecule has 0 saturated carbocycles. The van der Waals surface area contributed by atoms with Gasteiger partial charge in [0.25, 0.3) is 0 Å². The van der Waals surface area contributed by atoms with Crippen LogP contribution in [0, 0.1) is 11.3 Å². The molecule has 0 bridgehead atoms. The van der Waals surface area contributed by atoms with Gasteiger partial charge < -0.3 is 0 Å². The van der Waals surface area contributed by atoms with Crippen LogP contribution in [-0.2, 0) is 10.0 Å². The fraction of sp³-hybridized carbons (Fsp3) is 0.462. The van der Waals surface area contributed by atoms with E-state index in [0.29, 0.717) is 12.1 Å². The molecule has 7 heteroatoms. The van der Waals surface area contributed by atoms with Gasteiger partial charge in [0.15, 0.2) is 0 Å². The molecule has 1 aliphatic heterocycles. The third-order valence-corrected chi connectivity index (χ3v) is 6.48. The lowest BCUT2D eigenvalue weighted by molar-refractivity contribution is 0.412. The van der Waals surface area contributed by atoms with Crippen molar-refractivity contribution in [3.8, 4) is 6.07 Å². The van der Waals surface area contributed by atoms with Crippen LogP contribution >= 0.6 is 23.4 Å². The third-order valence-electron chi connectivity index (χ3n) is 3.33. The van der Waals surface area contributed by atoms with E-state index in [0.717, 1.165) is 18.6 Å². The Morgan fingerprint density at radius 1 is 1.55 bits per heavy atom. The molecule has 0 aliphatic carbocycles. The minimum absolute atomic E-state index is 0.0294. The summed E-state index contributed by atoms with van der Waals surface area (Å²) in [5.74, 6) is 0.785. The van der Waals surface area contributed by atoms with E-state index >= 15 is 0 Å². The average molecular weight is 331 g/mol. The number of sulfonamides is 1. The first-order valence-electron chi connectivity index (χ1n) is 6.21. The van der Waals surface area contributed by atoms with Gasteiger partial charge in [-0.2, -0.15) is 21.3 Å². The van der Waals surface area contributed by atoms with Gasteiger partial charge in [-0.25, -0.2) is 8.42 Å². The maximum atomic E-state index is 12.7. The molecule has 1 atom stereocenters. The maximum absolute atomic E-state index is 12.7. The highest BCUT2D eigenvalue weighted by Gasteiger charge is 2.35. The molecule has 1 saturated heterocycles. The highest BCUT2D eigenvalue weighted by molar-refractivity contribution is 7.98. The maximum Gasteiger partial charge on any atom is 0.244 e. The van der Waals surface area contributed by atoms with Crippen LogP contribution in [-0.4, -0.2) is 37.3 Å². The van der Waals surface area contributed by atoms with Gasteiger partial charge in [0.05, 0.1) is 16.7 Å². The highest BCUT2D eigenvalue weighted by atomic mass is 35.5. The van der Waals surface area contributed by atoms with Crippen molar-refractivity contribution < 1.29 is 8.42 Å². The van der Waals surface area contributed by atoms with Crippen molar-refractivity contribution in [2.75, 3.05) is 18.6 Å². The van der Waals surface area contributed by atoms with E-state index in [2.05, 4.69) is 0 Å². The molecule has 0 N–H and O–H groups in total. The zero-order valence-electron chi connectivity index (χ0n) is 11.0. The van der Waals surface area contributed by atoms with E-state index in [1.807, 2.05) is 12.3 Å². The minimum Gasteiger partial charge on any atom is -0.207 e. The number of thioether (sulfide) groups is 1. The normalized spacial score (nSPS) is 19.9. The molecular weight excluding hydrogens is 316 g/mol. The van der Waals surface area contributed by atoms with E-state index in [1.165, 1.54) is 22.5 Å². The summed E-state index contributed by atoms with van der Waals surface area (Å²) in [5.41, 5.74) is 0.357. The average Bonchev–Trinajstić information content (AvgIpc) is 2.87. The van der Waals surface area contributed by atoms with Gasteiger partial charge in [0, 0.05) is 18.3 Å². The molecule has 1 unspecified atom stereocenters. The molecule has 1 aliphatic rings. The Kier molecular flexibility index (Phi) is 4.97. The molecule has 2 rings (SSSR count). The molecule has 0 amide bonds. The summed E-state index contributed by atoms with van der Waals surface area (Å²) in [5, 5.41) is 8.92. The molecule has 20 heavy (non-hydrogen) atoms. The molecule has 1 heterocycles. The summed E-state index contributed by atoms with van der Waals surface area (Å²) >= 11 is 7.68. The zero-order valence-corrected chi connectivity index (χ0v) is 13.4. The Labute approximate surface area is 128 Å². The van der Waals surface area contributed by atoms with Crippen LogP contribution in [0.3, 0.4) is 0 Å². The van der Waals surface area contributed by atoms with Crippen LogP contribution in [0.25, 0.3) is 0 Å². The minimum atomic E-state index is -3.59. The predicted octanol–water partition coefficient (Wildman–Crippen LogP) is 2.73. The molecule has 108 valence electrons. The summed E-state index contributed by atoms with van der Waals surface area (Å²) < 4.78 is 26.9. The molecule has 1 fully saturated rings. The Balaban J connectivity index is 2.38. The Morgan fingerprint density at radius 3 is 2.90 bits per heavy atom. The van der Waals surface area contributed by atoms with E-state index in [9.17, 15) is 8.42 Å². The lowest BCUT2D eigenvalue weighted by Gasteiger charge is -2.24. The quantitative estimate of drug-likeness (QED) is 0.851. The summed E-state index contributed by atoms with van der Waals surface area (Å²) in [6.07, 6.45) is 3.73. The second-order valence-corrected chi connectivity index (χ2v) is 7.80. The fourth-order valence-corrected chi connectivity index (χ4v) is 5.43. The predicted molar refractivity (Wildman–Crippen MR) is 81.5 cm³/mol. The largest absolute Gasteiger partial charge is 0.244 e.